The van der Waals surface area contributed by atoms with Gasteiger partial charge < -0.3 is 14.6 Å². The highest BCUT2D eigenvalue weighted by Crippen LogP contribution is 2.34. The average molecular weight is 272 g/mol. The van der Waals surface area contributed by atoms with E-state index in [9.17, 15) is 5.11 Å². The molecule has 0 aliphatic heterocycles. The molecule has 1 aliphatic carbocycles. The molecule has 1 saturated carbocycles. The smallest absolute Gasteiger partial charge is 0.161 e. The van der Waals surface area contributed by atoms with Gasteiger partial charge in [0, 0.05) is 13.5 Å². The fourth-order valence-electron chi connectivity index (χ4n) is 2.90. The van der Waals surface area contributed by atoms with E-state index in [1.807, 2.05) is 30.3 Å². The molecule has 3 rings (SSSR count). The summed E-state index contributed by atoms with van der Waals surface area (Å²) >= 11 is 0. The first kappa shape index (κ1) is 13.3. The van der Waals surface area contributed by atoms with Gasteiger partial charge in [0.2, 0.25) is 0 Å². The second-order valence-electron chi connectivity index (χ2n) is 5.43. The molecule has 2 atom stereocenters. The Kier molecular flexibility index (Phi) is 3.79. The molecule has 2 unspecified atom stereocenters. The van der Waals surface area contributed by atoms with Gasteiger partial charge in [0.25, 0.3) is 0 Å². The van der Waals surface area contributed by atoms with Crippen LogP contribution in [0.1, 0.15) is 25.7 Å². The predicted octanol–water partition coefficient (Wildman–Crippen LogP) is 3.88. The number of ether oxygens (including phenoxy) is 2. The van der Waals surface area contributed by atoms with E-state index in [4.69, 9.17) is 9.47 Å². The molecule has 3 heteroatoms. The van der Waals surface area contributed by atoms with Crippen LogP contribution < -0.4 is 4.74 Å². The average Bonchev–Trinajstić information content (AvgIpc) is 2.48. The zero-order chi connectivity index (χ0) is 13.9. The van der Waals surface area contributed by atoms with Gasteiger partial charge in [0.15, 0.2) is 11.5 Å². The number of hydrogen-bond donors (Lipinski definition) is 1. The summed E-state index contributed by atoms with van der Waals surface area (Å²) in [7, 11) is 1.75. The molecular weight excluding hydrogens is 252 g/mol. The van der Waals surface area contributed by atoms with Gasteiger partial charge in [0.05, 0.1) is 6.10 Å². The Morgan fingerprint density at radius 2 is 1.75 bits per heavy atom. The van der Waals surface area contributed by atoms with Crippen molar-refractivity contribution in [2.45, 2.75) is 37.9 Å². The van der Waals surface area contributed by atoms with Gasteiger partial charge in [-0.15, -0.1) is 0 Å². The van der Waals surface area contributed by atoms with E-state index in [-0.39, 0.29) is 18.0 Å². The first-order chi connectivity index (χ1) is 9.76. The summed E-state index contributed by atoms with van der Waals surface area (Å²) in [5.74, 6) is 0.786. The molecule has 0 radical (unpaired) electrons. The van der Waals surface area contributed by atoms with Crippen molar-refractivity contribution >= 4 is 10.8 Å². The third-order valence-electron chi connectivity index (χ3n) is 4.03. The summed E-state index contributed by atoms with van der Waals surface area (Å²) in [5, 5.41) is 12.2. The highest BCUT2D eigenvalue weighted by atomic mass is 16.5. The van der Waals surface area contributed by atoms with Crippen molar-refractivity contribution in [3.63, 3.8) is 0 Å². The number of hydrogen-bond acceptors (Lipinski definition) is 3. The van der Waals surface area contributed by atoms with Gasteiger partial charge in [-0.2, -0.15) is 0 Å². The monoisotopic (exact) mass is 272 g/mol. The van der Waals surface area contributed by atoms with E-state index in [1.165, 1.54) is 0 Å². The molecule has 0 bridgehead atoms. The summed E-state index contributed by atoms with van der Waals surface area (Å²) in [6.07, 6.45) is 4.52. The Morgan fingerprint density at radius 1 is 1.05 bits per heavy atom. The van der Waals surface area contributed by atoms with Gasteiger partial charge >= 0.3 is 0 Å². The van der Waals surface area contributed by atoms with Gasteiger partial charge in [0.1, 0.15) is 6.10 Å². The quantitative estimate of drug-likeness (QED) is 0.921. The third-order valence-corrected chi connectivity index (χ3v) is 4.03. The molecule has 3 nitrogen and oxygen atoms in total. The van der Waals surface area contributed by atoms with Crippen LogP contribution in [0.3, 0.4) is 0 Å². The van der Waals surface area contributed by atoms with Crippen LogP contribution in [0, 0.1) is 0 Å². The van der Waals surface area contributed by atoms with Crippen molar-refractivity contribution in [3.05, 3.63) is 36.4 Å². The van der Waals surface area contributed by atoms with E-state index in [1.54, 1.807) is 13.2 Å². The first-order valence-corrected chi connectivity index (χ1v) is 7.17. The van der Waals surface area contributed by atoms with Gasteiger partial charge in [-0.25, -0.2) is 0 Å². The molecule has 2 aromatic rings. The Balaban J connectivity index is 1.81. The maximum absolute atomic E-state index is 10.1. The second kappa shape index (κ2) is 5.71. The minimum absolute atomic E-state index is 0.126. The number of phenols is 1. The molecule has 0 spiro atoms. The SMILES string of the molecule is COC1CCCC(Oc2cc3ccccc3cc2O)C1. The molecule has 1 fully saturated rings. The largest absolute Gasteiger partial charge is 0.504 e. The van der Waals surface area contributed by atoms with Crippen LogP contribution >= 0.6 is 0 Å². The van der Waals surface area contributed by atoms with Crippen LogP contribution in [0.5, 0.6) is 11.5 Å². The highest BCUT2D eigenvalue weighted by molar-refractivity contribution is 5.85. The molecule has 106 valence electrons. The summed E-state index contributed by atoms with van der Waals surface area (Å²) < 4.78 is 11.4. The van der Waals surface area contributed by atoms with Gasteiger partial charge in [-0.1, -0.05) is 24.3 Å². The zero-order valence-electron chi connectivity index (χ0n) is 11.7. The molecule has 2 aromatic carbocycles. The van der Waals surface area contributed by atoms with Crippen LogP contribution in [0.4, 0.5) is 0 Å². The number of aromatic hydroxyl groups is 1. The first-order valence-electron chi connectivity index (χ1n) is 7.17. The summed E-state index contributed by atoms with van der Waals surface area (Å²) in [5.41, 5.74) is 0. The van der Waals surface area contributed by atoms with Crippen molar-refractivity contribution in [2.24, 2.45) is 0 Å². The molecule has 1 aliphatic rings. The zero-order valence-corrected chi connectivity index (χ0v) is 11.7. The van der Waals surface area contributed by atoms with Crippen molar-refractivity contribution in [3.8, 4) is 11.5 Å². The molecule has 1 N–H and O–H groups in total. The normalized spacial score (nSPS) is 22.9. The molecule has 0 saturated heterocycles. The van der Waals surface area contributed by atoms with Crippen molar-refractivity contribution in [1.29, 1.82) is 0 Å². The summed E-state index contributed by atoms with van der Waals surface area (Å²) in [6.45, 7) is 0. The van der Waals surface area contributed by atoms with Gasteiger partial charge in [-0.05, 0) is 42.2 Å². The Bertz CT molecular complexity index is 594. The lowest BCUT2D eigenvalue weighted by Crippen LogP contribution is -2.29. The van der Waals surface area contributed by atoms with Crippen molar-refractivity contribution in [2.75, 3.05) is 7.11 Å². The summed E-state index contributed by atoms with van der Waals surface area (Å²) in [6, 6.07) is 11.7. The van der Waals surface area contributed by atoms with Crippen LogP contribution in [0.15, 0.2) is 36.4 Å². The number of benzene rings is 2. The Hall–Kier alpha value is -1.74. The lowest BCUT2D eigenvalue weighted by Gasteiger charge is -2.29. The minimum Gasteiger partial charge on any atom is -0.504 e. The van der Waals surface area contributed by atoms with E-state index in [2.05, 4.69) is 0 Å². The second-order valence-corrected chi connectivity index (χ2v) is 5.43. The third kappa shape index (κ3) is 2.73. The number of methoxy groups -OCH3 is 1. The minimum atomic E-state index is 0.126. The Morgan fingerprint density at radius 3 is 2.50 bits per heavy atom. The molecule has 20 heavy (non-hydrogen) atoms. The fraction of sp³-hybridized carbons (Fsp3) is 0.412. The summed E-state index contributed by atoms with van der Waals surface area (Å²) in [4.78, 5) is 0. The van der Waals surface area contributed by atoms with Crippen molar-refractivity contribution < 1.29 is 14.6 Å². The van der Waals surface area contributed by atoms with Crippen LogP contribution in [-0.4, -0.2) is 24.4 Å². The number of rotatable bonds is 3. The standard InChI is InChI=1S/C17H20O3/c1-19-14-7-4-8-15(11-14)20-17-10-13-6-3-2-5-12(13)9-16(17)18/h2-3,5-6,9-10,14-15,18H,4,7-8,11H2,1H3. The predicted molar refractivity (Wildman–Crippen MR) is 79.3 cm³/mol. The van der Waals surface area contributed by atoms with E-state index in [0.717, 1.165) is 36.5 Å². The highest BCUT2D eigenvalue weighted by Gasteiger charge is 2.23. The number of phenolic OH excluding ortho intramolecular Hbond substituents is 1. The van der Waals surface area contributed by atoms with E-state index < -0.39 is 0 Å². The maximum Gasteiger partial charge on any atom is 0.161 e. The maximum atomic E-state index is 10.1. The van der Waals surface area contributed by atoms with Crippen LogP contribution in [0.25, 0.3) is 10.8 Å². The molecule has 0 aromatic heterocycles. The fourth-order valence-corrected chi connectivity index (χ4v) is 2.90. The van der Waals surface area contributed by atoms with E-state index in [0.29, 0.717) is 5.75 Å². The molecular formula is C17H20O3. The van der Waals surface area contributed by atoms with E-state index >= 15 is 0 Å². The topological polar surface area (TPSA) is 38.7 Å². The van der Waals surface area contributed by atoms with Crippen molar-refractivity contribution in [1.82, 2.24) is 0 Å². The molecule has 0 amide bonds. The Labute approximate surface area is 119 Å². The van der Waals surface area contributed by atoms with Gasteiger partial charge in [-0.3, -0.25) is 0 Å². The van der Waals surface area contributed by atoms with Crippen LogP contribution in [0.2, 0.25) is 0 Å². The lowest BCUT2D eigenvalue weighted by atomic mass is 9.95. The lowest BCUT2D eigenvalue weighted by molar-refractivity contribution is 0.0202. The van der Waals surface area contributed by atoms with Crippen LogP contribution in [-0.2, 0) is 4.74 Å². The number of fused-ring (bicyclic) bond motifs is 1. The molecule has 0 heterocycles.